The molecule has 6 nitrogen and oxygen atoms in total. The van der Waals surface area contributed by atoms with Crippen LogP contribution in [-0.2, 0) is 13.0 Å². The van der Waals surface area contributed by atoms with Crippen LogP contribution in [0.1, 0.15) is 42.9 Å². The number of amides is 2. The van der Waals surface area contributed by atoms with Gasteiger partial charge >= 0.3 is 6.03 Å². The first kappa shape index (κ1) is 18.3. The maximum Gasteiger partial charge on any atom is 0.317 e. The second-order valence-electron chi connectivity index (χ2n) is 7.90. The summed E-state index contributed by atoms with van der Waals surface area (Å²) < 4.78 is 0. The van der Waals surface area contributed by atoms with E-state index in [-0.39, 0.29) is 18.7 Å². The molecule has 0 bridgehead atoms. The van der Waals surface area contributed by atoms with Gasteiger partial charge in [-0.05, 0) is 56.5 Å². The monoisotopic (exact) mass is 370 g/mol. The summed E-state index contributed by atoms with van der Waals surface area (Å²) in [5.74, 6) is 0.319. The summed E-state index contributed by atoms with van der Waals surface area (Å²) in [7, 11) is 2.16. The topological polar surface area (TPSA) is 71.6 Å². The van der Waals surface area contributed by atoms with Crippen LogP contribution in [-0.4, -0.2) is 64.7 Å². The Balaban J connectivity index is 1.66. The van der Waals surface area contributed by atoms with Crippen LogP contribution in [0.25, 0.3) is 10.9 Å². The number of nitrogens with zero attached hydrogens (tertiary/aromatic N) is 2. The molecule has 1 aromatic heterocycles. The molecule has 1 aliphatic heterocycles. The van der Waals surface area contributed by atoms with E-state index >= 15 is 0 Å². The van der Waals surface area contributed by atoms with E-state index < -0.39 is 0 Å². The summed E-state index contributed by atoms with van der Waals surface area (Å²) in [4.78, 5) is 20.2. The van der Waals surface area contributed by atoms with Crippen molar-refractivity contribution in [3.8, 4) is 0 Å². The molecule has 2 aromatic rings. The number of H-pyrrole nitrogens is 1. The van der Waals surface area contributed by atoms with Crippen molar-refractivity contribution in [2.45, 2.75) is 51.3 Å². The number of fused-ring (bicyclic) bond motifs is 2. The Kier molecular flexibility index (Phi) is 4.86. The average Bonchev–Trinajstić information content (AvgIpc) is 3.07. The predicted octanol–water partition coefficient (Wildman–Crippen LogP) is 2.42. The summed E-state index contributed by atoms with van der Waals surface area (Å²) in [6.07, 6.45) is 4.05. The number of aromatic nitrogens is 1. The summed E-state index contributed by atoms with van der Waals surface area (Å²) in [6.45, 7) is 6.37. The lowest BCUT2D eigenvalue weighted by molar-refractivity contribution is 0.123. The van der Waals surface area contributed by atoms with Crippen LogP contribution >= 0.6 is 0 Å². The molecule has 146 valence electrons. The highest BCUT2D eigenvalue weighted by Gasteiger charge is 2.41. The summed E-state index contributed by atoms with van der Waals surface area (Å²) in [6, 6.07) is 4.66. The lowest BCUT2D eigenvalue weighted by atomic mass is 9.72. The van der Waals surface area contributed by atoms with Crippen LogP contribution in [0.3, 0.4) is 0 Å². The zero-order valence-electron chi connectivity index (χ0n) is 16.5. The fourth-order valence-electron chi connectivity index (χ4n) is 5.13. The van der Waals surface area contributed by atoms with Crippen molar-refractivity contribution < 1.29 is 9.90 Å². The van der Waals surface area contributed by atoms with Crippen molar-refractivity contribution in [3.05, 3.63) is 35.0 Å². The lowest BCUT2D eigenvalue weighted by Crippen LogP contribution is -2.56. The number of nitrogens with one attached hydrogen (secondary N) is 2. The molecular formula is C21H30N4O2. The SMILES string of the molecule is CCN(CC)C(=O)N[C@H]1CC2c3c(CO)ccc4[nH]cc(c34)C[C@H]2N(C)C1. The second kappa shape index (κ2) is 7.17. The van der Waals surface area contributed by atoms with Crippen molar-refractivity contribution in [2.24, 2.45) is 0 Å². The van der Waals surface area contributed by atoms with Gasteiger partial charge in [0.1, 0.15) is 0 Å². The van der Waals surface area contributed by atoms with E-state index in [0.29, 0.717) is 12.0 Å². The number of aromatic amines is 1. The lowest BCUT2D eigenvalue weighted by Gasteiger charge is -2.46. The minimum absolute atomic E-state index is 0.0237. The standard InChI is InChI=1S/C21H30N4O2/c1-4-25(5-2)21(27)23-15-9-16-18(24(3)11-15)8-14-10-22-17-7-6-13(12-26)19(16)20(14)17/h6-7,10,15-16,18,22,26H,4-5,8-9,11-12H2,1-3H3,(H,23,27)/t15-,16?,18+/m0/s1. The van der Waals surface area contributed by atoms with Crippen molar-refractivity contribution in [1.29, 1.82) is 0 Å². The number of carbonyl (C=O) groups is 1. The van der Waals surface area contributed by atoms with Gasteiger partial charge in [0, 0.05) is 54.7 Å². The average molecular weight is 370 g/mol. The maximum atomic E-state index is 12.6. The molecule has 2 heterocycles. The predicted molar refractivity (Wildman–Crippen MR) is 107 cm³/mol. The fraction of sp³-hybridized carbons (Fsp3) is 0.571. The number of hydrogen-bond donors (Lipinski definition) is 3. The number of carbonyl (C=O) groups excluding carboxylic acids is 1. The molecule has 1 fully saturated rings. The number of likely N-dealkylation sites (N-methyl/N-ethyl adjacent to an activating group) is 1. The smallest absolute Gasteiger partial charge is 0.317 e. The van der Waals surface area contributed by atoms with Crippen LogP contribution in [0.5, 0.6) is 0 Å². The molecule has 1 unspecified atom stereocenters. The van der Waals surface area contributed by atoms with E-state index in [1.54, 1.807) is 0 Å². The Morgan fingerprint density at radius 2 is 2.15 bits per heavy atom. The molecule has 6 heteroatoms. The van der Waals surface area contributed by atoms with Crippen LogP contribution in [0.15, 0.2) is 18.3 Å². The Hall–Kier alpha value is -2.05. The minimum atomic E-state index is 0.0237. The first-order valence-electron chi connectivity index (χ1n) is 10.1. The van der Waals surface area contributed by atoms with E-state index in [2.05, 4.69) is 34.5 Å². The van der Waals surface area contributed by atoms with Gasteiger partial charge in [-0.1, -0.05) is 6.07 Å². The number of aliphatic hydroxyl groups is 1. The number of aliphatic hydroxyl groups excluding tert-OH is 1. The van der Waals surface area contributed by atoms with Gasteiger partial charge in [0.15, 0.2) is 0 Å². The number of likely N-dealkylation sites (tertiary alicyclic amines) is 1. The van der Waals surface area contributed by atoms with E-state index in [1.807, 2.05) is 24.8 Å². The Bertz CT molecular complexity index is 842. The van der Waals surface area contributed by atoms with E-state index in [0.717, 1.165) is 43.6 Å². The molecule has 0 radical (unpaired) electrons. The van der Waals surface area contributed by atoms with Gasteiger partial charge in [0.2, 0.25) is 0 Å². The molecule has 0 saturated carbocycles. The molecule has 1 aliphatic carbocycles. The molecule has 1 aromatic carbocycles. The molecule has 3 N–H and O–H groups in total. The molecule has 3 atom stereocenters. The highest BCUT2D eigenvalue weighted by Crippen LogP contribution is 2.44. The van der Waals surface area contributed by atoms with E-state index in [4.69, 9.17) is 0 Å². The quantitative estimate of drug-likeness (QED) is 0.774. The third kappa shape index (κ3) is 3.01. The Labute approximate surface area is 160 Å². The molecule has 4 rings (SSSR count). The van der Waals surface area contributed by atoms with Gasteiger partial charge in [-0.25, -0.2) is 4.79 Å². The van der Waals surface area contributed by atoms with Crippen LogP contribution in [0.4, 0.5) is 4.79 Å². The summed E-state index contributed by atoms with van der Waals surface area (Å²) in [5, 5.41) is 14.5. The second-order valence-corrected chi connectivity index (χ2v) is 7.90. The highest BCUT2D eigenvalue weighted by molar-refractivity contribution is 5.89. The van der Waals surface area contributed by atoms with Crippen molar-refractivity contribution in [1.82, 2.24) is 20.1 Å². The van der Waals surface area contributed by atoms with Gasteiger partial charge in [0.25, 0.3) is 0 Å². The molecule has 27 heavy (non-hydrogen) atoms. The Morgan fingerprint density at radius 3 is 2.85 bits per heavy atom. The first-order valence-corrected chi connectivity index (χ1v) is 10.1. The largest absolute Gasteiger partial charge is 0.392 e. The molecular weight excluding hydrogens is 340 g/mol. The van der Waals surface area contributed by atoms with Gasteiger partial charge in [-0.2, -0.15) is 0 Å². The van der Waals surface area contributed by atoms with Gasteiger partial charge < -0.3 is 25.2 Å². The number of benzene rings is 1. The summed E-state index contributed by atoms with van der Waals surface area (Å²) >= 11 is 0. The third-order valence-electron chi connectivity index (χ3n) is 6.48. The zero-order chi connectivity index (χ0) is 19.1. The molecule has 2 amide bonds. The molecule has 0 spiro atoms. The Morgan fingerprint density at radius 1 is 1.37 bits per heavy atom. The number of rotatable bonds is 4. The van der Waals surface area contributed by atoms with Gasteiger partial charge in [0.05, 0.1) is 6.61 Å². The van der Waals surface area contributed by atoms with Gasteiger partial charge in [-0.15, -0.1) is 0 Å². The van der Waals surface area contributed by atoms with Gasteiger partial charge in [-0.3, -0.25) is 0 Å². The molecule has 2 aliphatic rings. The highest BCUT2D eigenvalue weighted by atomic mass is 16.3. The zero-order valence-corrected chi connectivity index (χ0v) is 16.5. The van der Waals surface area contributed by atoms with Crippen LogP contribution in [0.2, 0.25) is 0 Å². The number of urea groups is 1. The van der Waals surface area contributed by atoms with Crippen molar-refractivity contribution in [2.75, 3.05) is 26.7 Å². The third-order valence-corrected chi connectivity index (χ3v) is 6.48. The van der Waals surface area contributed by atoms with Crippen LogP contribution in [0, 0.1) is 0 Å². The minimum Gasteiger partial charge on any atom is -0.392 e. The summed E-state index contributed by atoms with van der Waals surface area (Å²) in [5.41, 5.74) is 4.78. The fourth-order valence-corrected chi connectivity index (χ4v) is 5.13. The number of hydrogen-bond acceptors (Lipinski definition) is 3. The van der Waals surface area contributed by atoms with E-state index in [9.17, 15) is 9.90 Å². The number of piperidine rings is 1. The first-order chi connectivity index (χ1) is 13.1. The maximum absolute atomic E-state index is 12.6. The van der Waals surface area contributed by atoms with Crippen LogP contribution < -0.4 is 5.32 Å². The van der Waals surface area contributed by atoms with E-state index in [1.165, 1.54) is 16.5 Å². The van der Waals surface area contributed by atoms with Crippen molar-refractivity contribution in [3.63, 3.8) is 0 Å². The molecule has 1 saturated heterocycles. The van der Waals surface area contributed by atoms with Crippen molar-refractivity contribution >= 4 is 16.9 Å². The normalized spacial score (nSPS) is 24.7.